The van der Waals surface area contributed by atoms with Crippen molar-refractivity contribution in [2.45, 2.75) is 31.6 Å². The van der Waals surface area contributed by atoms with Crippen molar-refractivity contribution in [3.8, 4) is 17.4 Å². The molecule has 0 fully saturated rings. The number of nitrogens with zero attached hydrogens (tertiary/aromatic N) is 1. The number of aromatic hydroxyl groups is 1. The number of anilines is 1. The number of hydrogen-bond donors (Lipinski definition) is 2. The number of rotatable bonds is 1. The summed E-state index contributed by atoms with van der Waals surface area (Å²) in [5.74, 6) is 1.59. The van der Waals surface area contributed by atoms with Crippen molar-refractivity contribution in [1.29, 1.82) is 0 Å². The number of fused-ring (bicyclic) bond motifs is 5. The van der Waals surface area contributed by atoms with E-state index in [0.29, 0.717) is 5.88 Å². The summed E-state index contributed by atoms with van der Waals surface area (Å²) < 4.78 is 6.37. The lowest BCUT2D eigenvalue weighted by Gasteiger charge is -2.32. The van der Waals surface area contributed by atoms with Crippen molar-refractivity contribution in [3.63, 3.8) is 0 Å². The van der Waals surface area contributed by atoms with Crippen LogP contribution in [-0.4, -0.2) is 10.1 Å². The van der Waals surface area contributed by atoms with Gasteiger partial charge >= 0.3 is 0 Å². The molecule has 1 aliphatic carbocycles. The Bertz CT molecular complexity index is 1290. The van der Waals surface area contributed by atoms with Gasteiger partial charge in [-0.25, -0.2) is 4.98 Å². The van der Waals surface area contributed by atoms with E-state index in [2.05, 4.69) is 24.3 Å². The van der Waals surface area contributed by atoms with E-state index in [4.69, 9.17) is 15.5 Å². The fourth-order valence-corrected chi connectivity index (χ4v) is 5.03. The van der Waals surface area contributed by atoms with Gasteiger partial charge in [0.2, 0.25) is 5.88 Å². The van der Waals surface area contributed by atoms with Crippen LogP contribution in [0.5, 0.6) is 17.4 Å². The number of aryl methyl sites for hydroxylation is 1. The molecule has 0 saturated carbocycles. The van der Waals surface area contributed by atoms with Gasteiger partial charge in [0.1, 0.15) is 11.5 Å². The van der Waals surface area contributed by atoms with E-state index >= 15 is 0 Å². The van der Waals surface area contributed by atoms with Gasteiger partial charge in [0.25, 0.3) is 0 Å². The molecule has 2 heterocycles. The third-order valence-corrected chi connectivity index (χ3v) is 6.46. The number of nitrogens with two attached hydrogens (primary N) is 1. The zero-order chi connectivity index (χ0) is 20.2. The zero-order valence-electron chi connectivity index (χ0n) is 16.6. The molecule has 1 aromatic heterocycles. The molecule has 0 saturated heterocycles. The number of hydrogen-bond acceptors (Lipinski definition) is 4. The number of benzene rings is 3. The molecule has 1 unspecified atom stereocenters. The lowest BCUT2D eigenvalue weighted by molar-refractivity contribution is 0.431. The van der Waals surface area contributed by atoms with Gasteiger partial charge in [-0.1, -0.05) is 42.5 Å². The minimum Gasteiger partial charge on any atom is -0.508 e. The first kappa shape index (κ1) is 17.3. The Balaban J connectivity index is 1.69. The summed E-state index contributed by atoms with van der Waals surface area (Å²) in [7, 11) is 0. The van der Waals surface area contributed by atoms with Gasteiger partial charge in [-0.15, -0.1) is 0 Å². The Morgan fingerprint density at radius 2 is 1.70 bits per heavy atom. The molecule has 0 spiro atoms. The smallest absolute Gasteiger partial charge is 0.225 e. The summed E-state index contributed by atoms with van der Waals surface area (Å²) in [6.45, 7) is 0. The largest absolute Gasteiger partial charge is 0.508 e. The molecule has 6 rings (SSSR count). The second-order valence-corrected chi connectivity index (χ2v) is 8.20. The first-order valence-electron chi connectivity index (χ1n) is 10.5. The van der Waals surface area contributed by atoms with Crippen LogP contribution in [-0.2, 0) is 12.8 Å². The highest BCUT2D eigenvalue weighted by Crippen LogP contribution is 2.52. The number of phenols is 1. The normalized spacial score (nSPS) is 17.0. The van der Waals surface area contributed by atoms with E-state index in [1.165, 1.54) is 5.56 Å². The fraction of sp³-hybridized carbons (Fsp3) is 0.192. The van der Waals surface area contributed by atoms with Gasteiger partial charge in [-0.2, -0.15) is 0 Å². The summed E-state index contributed by atoms with van der Waals surface area (Å²) in [5.41, 5.74) is 13.0. The topological polar surface area (TPSA) is 68.4 Å². The highest BCUT2D eigenvalue weighted by Gasteiger charge is 2.35. The SMILES string of the molecule is Nc1c2c(nc3c1C(c1ccc(O)cc1)c1c(ccc4ccccc14)O3)CCCC2. The standard InChI is InChI=1S/C26H22N2O2/c27-25-19-7-3-4-8-20(19)28-26-24(25)22(16-9-12-17(29)13-10-16)23-18-6-2-1-5-15(18)11-14-21(23)30-26/h1-2,5-6,9-14,22,29H,3-4,7-8H2,(H2,27,28). The molecule has 4 heteroatoms. The molecular formula is C26H22N2O2. The quantitative estimate of drug-likeness (QED) is 0.383. The van der Waals surface area contributed by atoms with Crippen LogP contribution in [0.15, 0.2) is 60.7 Å². The maximum atomic E-state index is 9.87. The molecule has 1 aliphatic heterocycles. The van der Waals surface area contributed by atoms with Crippen LogP contribution < -0.4 is 10.5 Å². The lowest BCUT2D eigenvalue weighted by Crippen LogP contribution is -2.19. The van der Waals surface area contributed by atoms with E-state index in [9.17, 15) is 5.11 Å². The Morgan fingerprint density at radius 3 is 2.57 bits per heavy atom. The van der Waals surface area contributed by atoms with Crippen LogP contribution in [0, 0.1) is 0 Å². The highest BCUT2D eigenvalue weighted by molar-refractivity contribution is 5.91. The maximum Gasteiger partial charge on any atom is 0.225 e. The van der Waals surface area contributed by atoms with Crippen molar-refractivity contribution < 1.29 is 9.84 Å². The Morgan fingerprint density at radius 1 is 0.900 bits per heavy atom. The average Bonchev–Trinajstić information content (AvgIpc) is 2.78. The molecular weight excluding hydrogens is 372 g/mol. The maximum absolute atomic E-state index is 9.87. The van der Waals surface area contributed by atoms with Gasteiger partial charge in [-0.3, -0.25) is 0 Å². The van der Waals surface area contributed by atoms with Crippen LogP contribution in [0.1, 0.15) is 46.7 Å². The van der Waals surface area contributed by atoms with Crippen LogP contribution in [0.2, 0.25) is 0 Å². The van der Waals surface area contributed by atoms with Gasteiger partial charge in [-0.05, 0) is 65.8 Å². The van der Waals surface area contributed by atoms with Crippen molar-refractivity contribution in [2.75, 3.05) is 5.73 Å². The molecule has 30 heavy (non-hydrogen) atoms. The Hall–Kier alpha value is -3.53. The average molecular weight is 394 g/mol. The molecule has 1 atom stereocenters. The molecule has 148 valence electrons. The van der Waals surface area contributed by atoms with Crippen molar-refractivity contribution in [1.82, 2.24) is 4.98 Å². The Kier molecular flexibility index (Phi) is 3.75. The molecule has 0 bridgehead atoms. The number of aromatic nitrogens is 1. The minimum atomic E-state index is -0.102. The summed E-state index contributed by atoms with van der Waals surface area (Å²) in [6, 6.07) is 19.9. The van der Waals surface area contributed by atoms with Crippen LogP contribution in [0.25, 0.3) is 10.8 Å². The van der Waals surface area contributed by atoms with Crippen LogP contribution >= 0.6 is 0 Å². The van der Waals surface area contributed by atoms with Crippen molar-refractivity contribution in [3.05, 3.63) is 88.6 Å². The van der Waals surface area contributed by atoms with Crippen LogP contribution in [0.4, 0.5) is 5.69 Å². The van der Waals surface area contributed by atoms with E-state index in [0.717, 1.165) is 70.3 Å². The van der Waals surface area contributed by atoms with E-state index in [1.54, 1.807) is 12.1 Å². The predicted octanol–water partition coefficient (Wildman–Crippen LogP) is 5.69. The van der Waals surface area contributed by atoms with E-state index in [1.807, 2.05) is 24.3 Å². The van der Waals surface area contributed by atoms with Crippen LogP contribution in [0.3, 0.4) is 0 Å². The summed E-state index contributed by atoms with van der Waals surface area (Å²) in [5, 5.41) is 12.2. The van der Waals surface area contributed by atoms with E-state index < -0.39 is 0 Å². The molecule has 3 aromatic carbocycles. The van der Waals surface area contributed by atoms with Gasteiger partial charge in [0, 0.05) is 28.4 Å². The number of phenolic OH excluding ortho intramolecular Hbond substituents is 1. The lowest BCUT2D eigenvalue weighted by atomic mass is 9.79. The van der Waals surface area contributed by atoms with Gasteiger partial charge in [0.15, 0.2) is 0 Å². The van der Waals surface area contributed by atoms with Gasteiger partial charge in [0.05, 0.1) is 0 Å². The molecule has 0 amide bonds. The van der Waals surface area contributed by atoms with E-state index in [-0.39, 0.29) is 11.7 Å². The zero-order valence-corrected chi connectivity index (χ0v) is 16.6. The number of nitrogen functional groups attached to an aromatic ring is 1. The second kappa shape index (κ2) is 6.49. The molecule has 3 N–H and O–H groups in total. The van der Waals surface area contributed by atoms with Crippen molar-refractivity contribution in [2.24, 2.45) is 0 Å². The minimum absolute atomic E-state index is 0.102. The molecule has 4 nitrogen and oxygen atoms in total. The third kappa shape index (κ3) is 2.50. The Labute approximate surface area is 175 Å². The summed E-state index contributed by atoms with van der Waals surface area (Å²) in [6.07, 6.45) is 4.19. The molecule has 0 radical (unpaired) electrons. The first-order valence-corrected chi connectivity index (χ1v) is 10.5. The third-order valence-electron chi connectivity index (χ3n) is 6.46. The van der Waals surface area contributed by atoms with Crippen molar-refractivity contribution >= 4 is 16.5 Å². The monoisotopic (exact) mass is 394 g/mol. The first-order chi connectivity index (χ1) is 14.7. The molecule has 2 aliphatic rings. The fourth-order valence-electron chi connectivity index (χ4n) is 5.03. The number of ether oxygens (including phenoxy) is 1. The van der Waals surface area contributed by atoms with Gasteiger partial charge < -0.3 is 15.6 Å². The second-order valence-electron chi connectivity index (χ2n) is 8.20. The summed E-state index contributed by atoms with van der Waals surface area (Å²) in [4.78, 5) is 4.94. The highest BCUT2D eigenvalue weighted by atomic mass is 16.5. The molecule has 4 aromatic rings. The number of pyridine rings is 1. The predicted molar refractivity (Wildman–Crippen MR) is 118 cm³/mol. The summed E-state index contributed by atoms with van der Waals surface area (Å²) >= 11 is 0.